The zero-order valence-corrected chi connectivity index (χ0v) is 40.1. The van der Waals surface area contributed by atoms with Crippen LogP contribution in [0.1, 0.15) is 120 Å². The largest absolute Gasteiger partial charge is 0.481 e. The van der Waals surface area contributed by atoms with E-state index in [0.717, 1.165) is 44.1 Å². The van der Waals surface area contributed by atoms with Crippen LogP contribution in [0.3, 0.4) is 0 Å². The maximum atomic E-state index is 13.9. The highest BCUT2D eigenvalue weighted by atomic mass is 16.8. The molecule has 17 nitrogen and oxygen atoms in total. The van der Waals surface area contributed by atoms with Crippen molar-refractivity contribution >= 4 is 11.9 Å². The van der Waals surface area contributed by atoms with Crippen molar-refractivity contribution in [1.82, 2.24) is 5.32 Å². The molecule has 5 fully saturated rings. The summed E-state index contributed by atoms with van der Waals surface area (Å²) in [4.78, 5) is 26.3. The molecular formula is C49H79NO16. The SMILES string of the molecule is C=C(CC[C@@H](C)[C@H]1CC[C@@]2(C(=O)O)C3=C(CC[C@]12C)[C@@]1(C)CC[C@H](O[C@@H]2OC[C@H](O)[C@H](O[C@@H]4OC[C@H](O)[C@H](O)[C@H]4O)[C@H]2O[C@@H]2O[C@H](CO)[C@@H](O)[C@H](O)[C@H]2NC(C)=O)C(C)(C)C1CC3)C(C)C. The number of rotatable bonds is 14. The first-order valence-electron chi connectivity index (χ1n) is 24.4. The van der Waals surface area contributed by atoms with Crippen LogP contribution >= 0.6 is 0 Å². The van der Waals surface area contributed by atoms with Gasteiger partial charge in [-0.2, -0.15) is 0 Å². The molecule has 376 valence electrons. The molecule has 0 radical (unpaired) electrons. The molecule has 7 rings (SSSR count). The average molecular weight is 938 g/mol. The third kappa shape index (κ3) is 8.87. The van der Waals surface area contributed by atoms with Crippen LogP contribution in [0.15, 0.2) is 23.3 Å². The van der Waals surface area contributed by atoms with E-state index in [1.807, 2.05) is 0 Å². The van der Waals surface area contributed by atoms with Crippen LogP contribution in [-0.2, 0) is 38.0 Å². The summed E-state index contributed by atoms with van der Waals surface area (Å²) in [5.74, 6) is -0.159. The van der Waals surface area contributed by atoms with Gasteiger partial charge in [0.25, 0.3) is 0 Å². The number of hydrogen-bond donors (Lipinski definition) is 9. The number of nitrogens with one attached hydrogen (secondary N) is 1. The number of hydrogen-bond acceptors (Lipinski definition) is 15. The molecule has 9 N–H and O–H groups in total. The summed E-state index contributed by atoms with van der Waals surface area (Å²) in [6.07, 6.45) is -10.8. The Bertz CT molecular complexity index is 1810. The van der Waals surface area contributed by atoms with E-state index in [0.29, 0.717) is 37.5 Å². The molecule has 0 bridgehead atoms. The lowest BCUT2D eigenvalue weighted by molar-refractivity contribution is -0.376. The van der Waals surface area contributed by atoms with Crippen molar-refractivity contribution in [1.29, 1.82) is 0 Å². The Balaban J connectivity index is 1.17. The predicted molar refractivity (Wildman–Crippen MR) is 237 cm³/mol. The molecule has 17 heteroatoms. The Hall–Kier alpha value is -2.10. The van der Waals surface area contributed by atoms with Gasteiger partial charge in [0, 0.05) is 6.92 Å². The molecule has 3 heterocycles. The van der Waals surface area contributed by atoms with Crippen molar-refractivity contribution in [3.05, 3.63) is 23.3 Å². The minimum Gasteiger partial charge on any atom is -0.481 e. The van der Waals surface area contributed by atoms with Gasteiger partial charge in [-0.25, -0.2) is 0 Å². The highest BCUT2D eigenvalue weighted by Gasteiger charge is 2.68. The fourth-order valence-corrected chi connectivity index (χ4v) is 14.0. The van der Waals surface area contributed by atoms with Crippen molar-refractivity contribution < 1.29 is 78.9 Å². The van der Waals surface area contributed by atoms with E-state index in [4.69, 9.17) is 28.4 Å². The Morgan fingerprint density at radius 1 is 0.788 bits per heavy atom. The first kappa shape index (κ1) is 51.7. The van der Waals surface area contributed by atoms with Gasteiger partial charge in [0.15, 0.2) is 18.9 Å². The molecule has 0 spiro atoms. The van der Waals surface area contributed by atoms with Crippen molar-refractivity contribution in [2.75, 3.05) is 19.8 Å². The van der Waals surface area contributed by atoms with Crippen LogP contribution in [0.5, 0.6) is 0 Å². The van der Waals surface area contributed by atoms with E-state index in [2.05, 4.69) is 60.4 Å². The molecule has 4 aliphatic carbocycles. The summed E-state index contributed by atoms with van der Waals surface area (Å²) in [7, 11) is 0. The van der Waals surface area contributed by atoms with Gasteiger partial charge in [-0.3, -0.25) is 9.59 Å². The van der Waals surface area contributed by atoms with Gasteiger partial charge in [-0.1, -0.05) is 71.8 Å². The predicted octanol–water partition coefficient (Wildman–Crippen LogP) is 2.68. The summed E-state index contributed by atoms with van der Waals surface area (Å²) < 4.78 is 37.3. The molecule has 7 aliphatic rings. The van der Waals surface area contributed by atoms with Gasteiger partial charge >= 0.3 is 5.97 Å². The van der Waals surface area contributed by atoms with Gasteiger partial charge in [0.05, 0.1) is 31.3 Å². The Kier molecular flexibility index (Phi) is 15.4. The zero-order valence-electron chi connectivity index (χ0n) is 40.1. The minimum absolute atomic E-state index is 0.0722. The lowest BCUT2D eigenvalue weighted by Gasteiger charge is -2.62. The number of carboxylic acids is 1. The molecule has 2 saturated carbocycles. The summed E-state index contributed by atoms with van der Waals surface area (Å²) in [6, 6.07) is -1.37. The maximum Gasteiger partial charge on any atom is 0.314 e. The fourth-order valence-electron chi connectivity index (χ4n) is 14.0. The normalized spacial score (nSPS) is 46.2. The number of aliphatic hydroxyl groups excluding tert-OH is 7. The van der Waals surface area contributed by atoms with E-state index in [-0.39, 0.29) is 35.9 Å². The average Bonchev–Trinajstić information content (AvgIpc) is 3.59. The lowest BCUT2D eigenvalue weighted by atomic mass is 9.43. The summed E-state index contributed by atoms with van der Waals surface area (Å²) in [6.45, 7) is 19.6. The Morgan fingerprint density at radius 2 is 1.45 bits per heavy atom. The second kappa shape index (κ2) is 19.6. The monoisotopic (exact) mass is 938 g/mol. The number of ether oxygens (including phenoxy) is 6. The first-order valence-corrected chi connectivity index (χ1v) is 24.4. The molecule has 0 aromatic carbocycles. The van der Waals surface area contributed by atoms with Gasteiger partial charge in [-0.15, -0.1) is 0 Å². The van der Waals surface area contributed by atoms with Crippen molar-refractivity contribution in [3.8, 4) is 0 Å². The number of carbonyl (C=O) groups excluding carboxylic acids is 1. The number of amides is 1. The fraction of sp³-hybridized carbons (Fsp3) is 0.878. The Labute approximate surface area is 389 Å². The zero-order chi connectivity index (χ0) is 48.4. The molecule has 66 heavy (non-hydrogen) atoms. The van der Waals surface area contributed by atoms with E-state index < -0.39 is 115 Å². The molecule has 20 atom stereocenters. The molecule has 0 aromatic rings. The Morgan fingerprint density at radius 3 is 2.11 bits per heavy atom. The van der Waals surface area contributed by atoms with Crippen LogP contribution < -0.4 is 5.32 Å². The van der Waals surface area contributed by atoms with E-state index >= 15 is 0 Å². The number of aliphatic carboxylic acids is 1. The van der Waals surface area contributed by atoms with Crippen molar-refractivity contribution in [2.24, 2.45) is 45.3 Å². The number of fused-ring (bicyclic) bond motifs is 4. The van der Waals surface area contributed by atoms with Gasteiger partial charge in [-0.05, 0) is 104 Å². The number of allylic oxidation sites excluding steroid dienone is 2. The van der Waals surface area contributed by atoms with E-state index in [1.54, 1.807) is 0 Å². The maximum absolute atomic E-state index is 13.9. The minimum atomic E-state index is -1.73. The summed E-state index contributed by atoms with van der Waals surface area (Å²) >= 11 is 0. The smallest absolute Gasteiger partial charge is 0.314 e. The summed E-state index contributed by atoms with van der Waals surface area (Å²) in [5.41, 5.74) is 1.50. The molecule has 0 aromatic heterocycles. The number of carboxylic acid groups (broad SMARTS) is 1. The third-order valence-corrected chi connectivity index (χ3v) is 18.0. The van der Waals surface area contributed by atoms with Gasteiger partial charge in [0.1, 0.15) is 61.0 Å². The third-order valence-electron chi connectivity index (χ3n) is 18.0. The van der Waals surface area contributed by atoms with Crippen LogP contribution in [-0.4, -0.2) is 159 Å². The van der Waals surface area contributed by atoms with Crippen LogP contribution in [0.2, 0.25) is 0 Å². The molecule has 1 unspecified atom stereocenters. The quantitative estimate of drug-likeness (QED) is 0.113. The van der Waals surface area contributed by atoms with Gasteiger partial charge < -0.3 is 74.6 Å². The van der Waals surface area contributed by atoms with E-state index in [9.17, 15) is 50.4 Å². The van der Waals surface area contributed by atoms with Gasteiger partial charge in [0.2, 0.25) is 5.91 Å². The molecule has 3 aliphatic heterocycles. The number of aliphatic hydroxyl groups is 7. The van der Waals surface area contributed by atoms with Crippen LogP contribution in [0, 0.1) is 45.3 Å². The molecular weight excluding hydrogens is 859 g/mol. The molecule has 1 amide bonds. The van der Waals surface area contributed by atoms with Crippen LogP contribution in [0.25, 0.3) is 0 Å². The number of carbonyl (C=O) groups is 2. The van der Waals surface area contributed by atoms with Crippen molar-refractivity contribution in [3.63, 3.8) is 0 Å². The van der Waals surface area contributed by atoms with Crippen LogP contribution in [0.4, 0.5) is 0 Å². The standard InChI is InChI=1S/C49H79NO16/c1-23(2)24(3)10-11-25(4)27-15-19-49(45(59)60)29-12-13-33-46(6,7)34(16-17-47(33,8)28(29)14-18-48(27,49)9)64-44-41(66-42-35(50-26(5)52)38(57)37(56)32(20-51)63-42)40(31(54)22-62-44)65-43-39(58)36(55)30(53)21-61-43/h23,25,27,30-44,51,53-58H,3,10-22H2,1-2,4-9H3,(H,50,52)(H,59,60)/t25-,27-,30+,31+,32-,33?,34+,35-,36+,37-,38-,39-,40+,41-,42+,43+,44+,47-,48-,49+/m1/s1. The lowest BCUT2D eigenvalue weighted by Crippen LogP contribution is -2.68. The highest BCUT2D eigenvalue weighted by Crippen LogP contribution is 2.73. The summed E-state index contributed by atoms with van der Waals surface area (Å²) in [5, 5.41) is 88.9. The molecule has 3 saturated heterocycles. The van der Waals surface area contributed by atoms with Crippen molar-refractivity contribution in [2.45, 2.75) is 206 Å². The topological polar surface area (TPSA) is 263 Å². The first-order chi connectivity index (χ1) is 30.9. The second-order valence-electron chi connectivity index (χ2n) is 22.2. The van der Waals surface area contributed by atoms with E-state index in [1.165, 1.54) is 18.1 Å². The second-order valence-corrected chi connectivity index (χ2v) is 22.2. The highest BCUT2D eigenvalue weighted by molar-refractivity contribution is 5.82.